The highest BCUT2D eigenvalue weighted by atomic mass is 35.5. The van der Waals surface area contributed by atoms with Crippen molar-refractivity contribution in [3.8, 4) is 6.07 Å². The summed E-state index contributed by atoms with van der Waals surface area (Å²) in [6.07, 6.45) is 6.37. The Hall–Kier alpha value is -1.27. The molecule has 10 heavy (non-hydrogen) atoms. The molecule has 0 aromatic rings. The summed E-state index contributed by atoms with van der Waals surface area (Å²) < 4.78 is 0. The van der Waals surface area contributed by atoms with Crippen LogP contribution in [0.5, 0.6) is 0 Å². The summed E-state index contributed by atoms with van der Waals surface area (Å²) in [5.74, 6) is 0. The van der Waals surface area contributed by atoms with Crippen LogP contribution in [0.15, 0.2) is 29.2 Å². The molecule has 0 unspecified atom stereocenters. The molecule has 52 valence electrons. The highest BCUT2D eigenvalue weighted by Crippen LogP contribution is 1.87. The largest absolute Gasteiger partial charge is 0.352 e. The van der Waals surface area contributed by atoms with Crippen molar-refractivity contribution >= 4 is 18.6 Å². The molecule has 0 fully saturated rings. The average molecular weight is 156 g/mol. The van der Waals surface area contributed by atoms with Crippen molar-refractivity contribution < 1.29 is 0 Å². The Kier molecular flexibility index (Phi) is 4.01. The number of nitriles is 1. The SMILES string of the molecule is Cl.N#CC1=CC=NC=CN1. The van der Waals surface area contributed by atoms with Crippen LogP contribution in [-0.2, 0) is 0 Å². The standard InChI is InChI=1S/C6H5N3.ClH/c7-5-6-1-2-8-3-4-9-6;/h1-4,9H;1H. The summed E-state index contributed by atoms with van der Waals surface area (Å²) in [6, 6.07) is 1.95. The molecule has 0 aromatic carbocycles. The van der Waals surface area contributed by atoms with Crippen LogP contribution in [0.2, 0.25) is 0 Å². The van der Waals surface area contributed by atoms with Gasteiger partial charge in [0.05, 0.1) is 0 Å². The molecule has 4 heteroatoms. The monoisotopic (exact) mass is 155 g/mol. The smallest absolute Gasteiger partial charge is 0.119 e. The van der Waals surface area contributed by atoms with Gasteiger partial charge in [0, 0.05) is 18.6 Å². The summed E-state index contributed by atoms with van der Waals surface area (Å²) in [7, 11) is 0. The second-order valence-electron chi connectivity index (χ2n) is 1.45. The maximum atomic E-state index is 8.34. The molecule has 0 amide bonds. The minimum Gasteiger partial charge on any atom is -0.352 e. The van der Waals surface area contributed by atoms with E-state index in [9.17, 15) is 0 Å². The Morgan fingerprint density at radius 3 is 3.10 bits per heavy atom. The minimum absolute atomic E-state index is 0. The fraction of sp³-hybridized carbons (Fsp3) is 0. The Morgan fingerprint density at radius 1 is 1.60 bits per heavy atom. The molecule has 1 rings (SSSR count). The number of hydrogen-bond donors (Lipinski definition) is 1. The molecule has 0 atom stereocenters. The molecule has 0 radical (unpaired) electrons. The first kappa shape index (κ1) is 8.73. The molecule has 1 aliphatic rings. The number of rotatable bonds is 0. The van der Waals surface area contributed by atoms with Crippen LogP contribution < -0.4 is 5.32 Å². The van der Waals surface area contributed by atoms with Gasteiger partial charge in [-0.2, -0.15) is 5.26 Å². The maximum Gasteiger partial charge on any atom is 0.119 e. The predicted molar refractivity (Wildman–Crippen MR) is 41.7 cm³/mol. The molecule has 3 nitrogen and oxygen atoms in total. The highest BCUT2D eigenvalue weighted by molar-refractivity contribution is 5.85. The number of nitrogens with one attached hydrogen (secondary N) is 1. The van der Waals surface area contributed by atoms with E-state index in [1.54, 1.807) is 24.7 Å². The first-order valence-corrected chi connectivity index (χ1v) is 2.48. The van der Waals surface area contributed by atoms with Crippen LogP contribution in [0, 0.1) is 11.3 Å². The second kappa shape index (κ2) is 4.59. The molecule has 1 heterocycles. The third kappa shape index (κ3) is 2.33. The van der Waals surface area contributed by atoms with Crippen molar-refractivity contribution in [1.82, 2.24) is 5.32 Å². The predicted octanol–water partition coefficient (Wildman–Crippen LogP) is 0.961. The zero-order valence-corrected chi connectivity index (χ0v) is 5.93. The summed E-state index contributed by atoms with van der Waals surface area (Å²) >= 11 is 0. The number of nitrogens with zero attached hydrogens (tertiary/aromatic N) is 2. The lowest BCUT2D eigenvalue weighted by atomic mass is 10.4. The van der Waals surface area contributed by atoms with Gasteiger partial charge < -0.3 is 5.32 Å². The lowest BCUT2D eigenvalue weighted by Gasteiger charge is -1.89. The van der Waals surface area contributed by atoms with Crippen LogP contribution in [-0.4, -0.2) is 6.21 Å². The second-order valence-corrected chi connectivity index (χ2v) is 1.45. The Balaban J connectivity index is 0.000000810. The van der Waals surface area contributed by atoms with Gasteiger partial charge in [0.2, 0.25) is 0 Å². The van der Waals surface area contributed by atoms with E-state index < -0.39 is 0 Å². The lowest BCUT2D eigenvalue weighted by Crippen LogP contribution is -2.00. The molecular weight excluding hydrogens is 150 g/mol. The average Bonchev–Trinajstić information content (AvgIpc) is 2.13. The first-order chi connectivity index (χ1) is 4.43. The molecule has 1 aliphatic heterocycles. The van der Waals surface area contributed by atoms with Crippen LogP contribution >= 0.6 is 12.4 Å². The zero-order chi connectivity index (χ0) is 6.53. The van der Waals surface area contributed by atoms with E-state index in [0.717, 1.165) is 0 Å². The van der Waals surface area contributed by atoms with Gasteiger partial charge >= 0.3 is 0 Å². The molecule has 1 N–H and O–H groups in total. The van der Waals surface area contributed by atoms with Gasteiger partial charge in [0.15, 0.2) is 0 Å². The molecule has 0 bridgehead atoms. The summed E-state index contributed by atoms with van der Waals surface area (Å²) in [6.45, 7) is 0. The molecule has 0 saturated heterocycles. The topological polar surface area (TPSA) is 48.2 Å². The van der Waals surface area contributed by atoms with Gasteiger partial charge in [-0.25, -0.2) is 0 Å². The Bertz CT molecular complexity index is 222. The summed E-state index contributed by atoms with van der Waals surface area (Å²) in [4.78, 5) is 3.77. The van der Waals surface area contributed by atoms with E-state index in [1.807, 2.05) is 6.07 Å². The van der Waals surface area contributed by atoms with E-state index >= 15 is 0 Å². The third-order valence-electron chi connectivity index (χ3n) is 0.847. The number of aliphatic imine (C=N–C) groups is 1. The van der Waals surface area contributed by atoms with Crippen LogP contribution in [0.3, 0.4) is 0 Å². The number of halogens is 1. The normalized spacial score (nSPS) is 13.7. The number of hydrogen-bond acceptors (Lipinski definition) is 3. The summed E-state index contributed by atoms with van der Waals surface area (Å²) in [5.41, 5.74) is 0.507. The zero-order valence-electron chi connectivity index (χ0n) is 5.11. The number of allylic oxidation sites excluding steroid dienone is 2. The van der Waals surface area contributed by atoms with Gasteiger partial charge in [-0.1, -0.05) is 0 Å². The van der Waals surface area contributed by atoms with Crippen molar-refractivity contribution in [1.29, 1.82) is 5.26 Å². The van der Waals surface area contributed by atoms with E-state index in [2.05, 4.69) is 10.3 Å². The van der Waals surface area contributed by atoms with E-state index in [1.165, 1.54) is 0 Å². The van der Waals surface area contributed by atoms with Crippen molar-refractivity contribution in [3.05, 3.63) is 24.2 Å². The van der Waals surface area contributed by atoms with Gasteiger partial charge in [-0.15, -0.1) is 12.4 Å². The quantitative estimate of drug-likeness (QED) is 0.567. The van der Waals surface area contributed by atoms with Crippen LogP contribution in [0.1, 0.15) is 0 Å². The fourth-order valence-electron chi connectivity index (χ4n) is 0.455. The third-order valence-corrected chi connectivity index (χ3v) is 0.847. The first-order valence-electron chi connectivity index (χ1n) is 2.48. The molecule has 0 aliphatic carbocycles. The maximum absolute atomic E-state index is 8.34. The highest BCUT2D eigenvalue weighted by Gasteiger charge is 1.87. The molecule has 0 aromatic heterocycles. The van der Waals surface area contributed by atoms with Crippen molar-refractivity contribution in [2.24, 2.45) is 4.99 Å². The van der Waals surface area contributed by atoms with Gasteiger partial charge in [0.25, 0.3) is 0 Å². The van der Waals surface area contributed by atoms with Gasteiger partial charge in [-0.3, -0.25) is 4.99 Å². The molecular formula is C6H6ClN3. The Labute approximate surface area is 65.2 Å². The van der Waals surface area contributed by atoms with Crippen molar-refractivity contribution in [2.75, 3.05) is 0 Å². The lowest BCUT2D eigenvalue weighted by molar-refractivity contribution is 1.12. The van der Waals surface area contributed by atoms with E-state index in [0.29, 0.717) is 5.70 Å². The van der Waals surface area contributed by atoms with Crippen molar-refractivity contribution in [2.45, 2.75) is 0 Å². The molecule has 0 spiro atoms. The van der Waals surface area contributed by atoms with Crippen LogP contribution in [0.4, 0.5) is 0 Å². The van der Waals surface area contributed by atoms with Gasteiger partial charge in [0.1, 0.15) is 11.8 Å². The van der Waals surface area contributed by atoms with E-state index in [4.69, 9.17) is 5.26 Å². The van der Waals surface area contributed by atoms with Gasteiger partial charge in [-0.05, 0) is 6.08 Å². The van der Waals surface area contributed by atoms with Crippen LogP contribution in [0.25, 0.3) is 0 Å². The van der Waals surface area contributed by atoms with E-state index in [-0.39, 0.29) is 12.4 Å². The fourth-order valence-corrected chi connectivity index (χ4v) is 0.455. The summed E-state index contributed by atoms with van der Waals surface area (Å²) in [5, 5.41) is 11.1. The Morgan fingerprint density at radius 2 is 2.40 bits per heavy atom. The molecule has 0 saturated carbocycles. The minimum atomic E-state index is 0. The van der Waals surface area contributed by atoms with Crippen molar-refractivity contribution in [3.63, 3.8) is 0 Å².